The number of nitrogens with one attached hydrogen (secondary N) is 1. The number of ether oxygens (including phenoxy) is 1. The van der Waals surface area contributed by atoms with E-state index in [0.717, 1.165) is 33.3 Å². The van der Waals surface area contributed by atoms with Gasteiger partial charge in [-0.15, -0.1) is 10.2 Å². The molecule has 0 atom stereocenters. The molecule has 0 unspecified atom stereocenters. The van der Waals surface area contributed by atoms with Gasteiger partial charge in [-0.1, -0.05) is 59.8 Å². The second-order valence-electron chi connectivity index (χ2n) is 8.51. The van der Waals surface area contributed by atoms with E-state index in [9.17, 15) is 9.90 Å². The van der Waals surface area contributed by atoms with Crippen LogP contribution >= 0.6 is 11.8 Å². The molecule has 0 saturated carbocycles. The number of aromatic hydroxyl groups is 1. The number of hydrogen-bond acceptors (Lipinski definition) is 7. The van der Waals surface area contributed by atoms with Crippen molar-refractivity contribution in [2.24, 2.45) is 5.10 Å². The molecule has 0 fully saturated rings. The fourth-order valence-corrected chi connectivity index (χ4v) is 4.71. The molecule has 0 bridgehead atoms. The molecule has 5 rings (SSSR count). The van der Waals surface area contributed by atoms with Gasteiger partial charge in [0, 0.05) is 16.8 Å². The van der Waals surface area contributed by atoms with Crippen LogP contribution < -0.4 is 10.2 Å². The first-order chi connectivity index (χ1) is 18.5. The monoisotopic (exact) mass is 523 g/mol. The molecule has 1 heterocycles. The number of carbonyl (C=O) groups excluding carboxylic acids is 1. The SMILES string of the molecule is COc1ccc(-c2nnc(SCC(=O)N/N=C\c3c(O)ccc4ccccc34)n2-c2ccc(C)cc2)cc1. The van der Waals surface area contributed by atoms with Crippen molar-refractivity contribution < 1.29 is 14.6 Å². The van der Waals surface area contributed by atoms with Gasteiger partial charge >= 0.3 is 0 Å². The van der Waals surface area contributed by atoms with Crippen LogP contribution in [-0.2, 0) is 4.79 Å². The molecule has 0 spiro atoms. The molecule has 1 aromatic heterocycles. The molecule has 0 aliphatic carbocycles. The summed E-state index contributed by atoms with van der Waals surface area (Å²) in [6, 6.07) is 26.7. The maximum Gasteiger partial charge on any atom is 0.250 e. The Hall–Kier alpha value is -4.63. The Labute approximate surface area is 224 Å². The lowest BCUT2D eigenvalue weighted by atomic mass is 10.0. The minimum Gasteiger partial charge on any atom is -0.507 e. The standard InChI is InChI=1S/C29H25N5O3S/c1-19-7-12-22(13-8-19)34-28(21-9-14-23(37-2)15-10-21)32-33-29(34)38-18-27(36)31-30-17-25-24-6-4-3-5-20(24)11-16-26(25)35/h3-17,35H,18H2,1-2H3,(H,31,36)/b30-17-. The third kappa shape index (κ3) is 5.37. The van der Waals surface area contributed by atoms with Crippen LogP contribution in [0, 0.1) is 6.92 Å². The number of phenolic OH excluding ortho intramolecular Hbond substituents is 1. The van der Waals surface area contributed by atoms with E-state index in [0.29, 0.717) is 16.5 Å². The highest BCUT2D eigenvalue weighted by Gasteiger charge is 2.17. The van der Waals surface area contributed by atoms with Crippen molar-refractivity contribution in [3.05, 3.63) is 96.1 Å². The first-order valence-corrected chi connectivity index (χ1v) is 12.8. The number of amides is 1. The number of carbonyl (C=O) groups is 1. The fourth-order valence-electron chi connectivity index (χ4n) is 3.97. The zero-order valence-corrected chi connectivity index (χ0v) is 21.6. The number of methoxy groups -OCH3 is 1. The van der Waals surface area contributed by atoms with Gasteiger partial charge in [0.1, 0.15) is 11.5 Å². The fraction of sp³-hybridized carbons (Fsp3) is 0.103. The number of hydrogen-bond donors (Lipinski definition) is 2. The highest BCUT2D eigenvalue weighted by molar-refractivity contribution is 7.99. The van der Waals surface area contributed by atoms with Gasteiger partial charge in [0.05, 0.1) is 19.1 Å². The maximum atomic E-state index is 12.6. The van der Waals surface area contributed by atoms with Crippen molar-refractivity contribution >= 4 is 34.7 Å². The Morgan fingerprint density at radius 1 is 1.03 bits per heavy atom. The Kier molecular flexibility index (Phi) is 7.37. The molecule has 0 aliphatic rings. The lowest BCUT2D eigenvalue weighted by Gasteiger charge is -2.11. The van der Waals surface area contributed by atoms with Crippen LogP contribution in [0.1, 0.15) is 11.1 Å². The smallest absolute Gasteiger partial charge is 0.250 e. The quantitative estimate of drug-likeness (QED) is 0.161. The minimum atomic E-state index is -0.310. The first kappa shape index (κ1) is 25.0. The summed E-state index contributed by atoms with van der Waals surface area (Å²) in [6.45, 7) is 2.03. The first-order valence-electron chi connectivity index (χ1n) is 11.9. The summed E-state index contributed by atoms with van der Waals surface area (Å²) in [5.41, 5.74) is 5.97. The van der Waals surface area contributed by atoms with Crippen LogP contribution in [0.25, 0.3) is 27.8 Å². The van der Waals surface area contributed by atoms with Gasteiger partial charge in [0.25, 0.3) is 5.91 Å². The highest BCUT2D eigenvalue weighted by Crippen LogP contribution is 2.29. The third-order valence-corrected chi connectivity index (χ3v) is 6.87. The number of hydrazone groups is 1. The summed E-state index contributed by atoms with van der Waals surface area (Å²) in [5.74, 6) is 1.26. The van der Waals surface area contributed by atoms with Crippen LogP contribution in [-0.4, -0.2) is 44.9 Å². The molecule has 9 heteroatoms. The van der Waals surface area contributed by atoms with E-state index in [-0.39, 0.29) is 17.4 Å². The largest absolute Gasteiger partial charge is 0.507 e. The predicted molar refractivity (Wildman–Crippen MR) is 150 cm³/mol. The second-order valence-corrected chi connectivity index (χ2v) is 9.45. The molecule has 5 aromatic rings. The number of nitrogens with zero attached hydrogens (tertiary/aromatic N) is 4. The summed E-state index contributed by atoms with van der Waals surface area (Å²) >= 11 is 1.26. The van der Waals surface area contributed by atoms with E-state index in [2.05, 4.69) is 20.7 Å². The van der Waals surface area contributed by atoms with Crippen LogP contribution in [0.15, 0.2) is 95.2 Å². The molecule has 0 saturated heterocycles. The average Bonchev–Trinajstić information content (AvgIpc) is 3.37. The van der Waals surface area contributed by atoms with Gasteiger partial charge in [0.2, 0.25) is 0 Å². The van der Waals surface area contributed by atoms with Crippen LogP contribution in [0.3, 0.4) is 0 Å². The van der Waals surface area contributed by atoms with Gasteiger partial charge in [0.15, 0.2) is 11.0 Å². The van der Waals surface area contributed by atoms with Crippen molar-refractivity contribution in [3.8, 4) is 28.6 Å². The van der Waals surface area contributed by atoms with Crippen LogP contribution in [0.2, 0.25) is 0 Å². The van der Waals surface area contributed by atoms with Gasteiger partial charge in [-0.3, -0.25) is 9.36 Å². The number of phenols is 1. The summed E-state index contributed by atoms with van der Waals surface area (Å²) in [4.78, 5) is 12.6. The van der Waals surface area contributed by atoms with Gasteiger partial charge in [-0.05, 0) is 60.2 Å². The summed E-state index contributed by atoms with van der Waals surface area (Å²) in [7, 11) is 1.62. The zero-order chi connectivity index (χ0) is 26.5. The zero-order valence-electron chi connectivity index (χ0n) is 20.8. The number of thioether (sulfide) groups is 1. The average molecular weight is 524 g/mol. The van der Waals surface area contributed by atoms with Gasteiger partial charge < -0.3 is 9.84 Å². The van der Waals surface area contributed by atoms with Gasteiger partial charge in [-0.2, -0.15) is 5.10 Å². The van der Waals surface area contributed by atoms with Crippen molar-refractivity contribution in [3.63, 3.8) is 0 Å². The van der Waals surface area contributed by atoms with Crippen molar-refractivity contribution in [1.29, 1.82) is 0 Å². The Bertz CT molecular complexity index is 1610. The molecular weight excluding hydrogens is 498 g/mol. The van der Waals surface area contributed by atoms with Crippen molar-refractivity contribution in [2.45, 2.75) is 12.1 Å². The number of aryl methyl sites for hydroxylation is 1. The molecule has 0 radical (unpaired) electrons. The van der Waals surface area contributed by atoms with Crippen molar-refractivity contribution in [1.82, 2.24) is 20.2 Å². The summed E-state index contributed by atoms with van der Waals surface area (Å²) in [6.07, 6.45) is 1.46. The highest BCUT2D eigenvalue weighted by atomic mass is 32.2. The summed E-state index contributed by atoms with van der Waals surface area (Å²) in [5, 5.41) is 25.5. The molecule has 0 aliphatic heterocycles. The minimum absolute atomic E-state index is 0.0749. The molecule has 1 amide bonds. The number of aromatic nitrogens is 3. The van der Waals surface area contributed by atoms with Crippen molar-refractivity contribution in [2.75, 3.05) is 12.9 Å². The topological polar surface area (TPSA) is 102 Å². The lowest BCUT2D eigenvalue weighted by molar-refractivity contribution is -0.118. The van der Waals surface area contributed by atoms with E-state index >= 15 is 0 Å². The van der Waals surface area contributed by atoms with E-state index in [1.54, 1.807) is 13.2 Å². The van der Waals surface area contributed by atoms with E-state index < -0.39 is 0 Å². The molecular formula is C29H25N5O3S. The van der Waals surface area contributed by atoms with Crippen LogP contribution in [0.5, 0.6) is 11.5 Å². The lowest BCUT2D eigenvalue weighted by Crippen LogP contribution is -2.20. The Balaban J connectivity index is 1.34. The maximum absolute atomic E-state index is 12.6. The molecule has 38 heavy (non-hydrogen) atoms. The molecule has 2 N–H and O–H groups in total. The van der Waals surface area contributed by atoms with Crippen LogP contribution in [0.4, 0.5) is 0 Å². The summed E-state index contributed by atoms with van der Waals surface area (Å²) < 4.78 is 7.20. The Morgan fingerprint density at radius 3 is 2.55 bits per heavy atom. The predicted octanol–water partition coefficient (Wildman–Crippen LogP) is 5.35. The van der Waals surface area contributed by atoms with E-state index in [1.807, 2.05) is 90.4 Å². The molecule has 4 aromatic carbocycles. The molecule has 190 valence electrons. The number of fused-ring (bicyclic) bond motifs is 1. The number of benzene rings is 4. The second kappa shape index (κ2) is 11.2. The van der Waals surface area contributed by atoms with E-state index in [4.69, 9.17) is 4.74 Å². The third-order valence-electron chi connectivity index (χ3n) is 5.94. The number of rotatable bonds is 8. The normalized spacial score (nSPS) is 11.2. The Morgan fingerprint density at radius 2 is 1.79 bits per heavy atom. The van der Waals surface area contributed by atoms with Gasteiger partial charge in [-0.25, -0.2) is 5.43 Å². The molecule has 8 nitrogen and oxygen atoms in total. The van der Waals surface area contributed by atoms with E-state index in [1.165, 1.54) is 18.0 Å².